The number of nitrogens with one attached hydrogen (secondary N) is 1. The van der Waals surface area contributed by atoms with E-state index in [4.69, 9.17) is 5.11 Å². The number of aliphatic hydroxyl groups excluding tert-OH is 2. The van der Waals surface area contributed by atoms with Gasteiger partial charge >= 0.3 is 0 Å². The van der Waals surface area contributed by atoms with E-state index >= 15 is 0 Å². The van der Waals surface area contributed by atoms with E-state index in [0.717, 1.165) is 0 Å². The van der Waals surface area contributed by atoms with Crippen LogP contribution in [-0.2, 0) is 0 Å². The number of aliphatic hydroxyl groups is 2. The van der Waals surface area contributed by atoms with Crippen molar-refractivity contribution in [2.24, 2.45) is 0 Å². The summed E-state index contributed by atoms with van der Waals surface area (Å²) in [6, 6.07) is 4.18. The van der Waals surface area contributed by atoms with Gasteiger partial charge in [0, 0.05) is 5.56 Å². The normalized spacial score (nSPS) is 14.6. The van der Waals surface area contributed by atoms with Gasteiger partial charge in [0.15, 0.2) is 5.78 Å². The quantitative estimate of drug-likeness (QED) is 0.435. The Balaban J connectivity index is 0.00000162. The van der Waals surface area contributed by atoms with Gasteiger partial charge in [0.25, 0.3) is 11.8 Å². The minimum absolute atomic E-state index is 0. The molecule has 0 saturated carbocycles. The van der Waals surface area contributed by atoms with Crippen LogP contribution in [0, 0.1) is 0 Å². The molecular weight excluding hydrogens is 242 g/mol. The molecule has 18 heavy (non-hydrogen) atoms. The Morgan fingerprint density at radius 2 is 1.94 bits per heavy atom. The Morgan fingerprint density at radius 3 is 2.56 bits per heavy atom. The minimum atomic E-state index is -1.59. The molecule has 2 rings (SSSR count). The molecule has 1 atom stereocenters. The predicted molar refractivity (Wildman–Crippen MR) is 59.3 cm³/mol. The van der Waals surface area contributed by atoms with Crippen molar-refractivity contribution in [2.45, 2.75) is 6.10 Å². The fraction of sp³-hybridized carbons (Fsp3) is 0.182. The third-order valence-electron chi connectivity index (χ3n) is 2.50. The predicted octanol–water partition coefficient (Wildman–Crippen LogP) is -1.72. The maximum absolute atomic E-state index is 11.7. The number of fused-ring (bicyclic) bond motifs is 1. The molecule has 5 N–H and O–H groups in total. The molecule has 0 radical (unpaired) electrons. The number of rotatable bonds is 3. The maximum Gasteiger partial charge on any atom is 0.259 e. The van der Waals surface area contributed by atoms with Crippen LogP contribution in [0.5, 0.6) is 0 Å². The number of carbonyl (C=O) groups excluding carboxylic acids is 3. The van der Waals surface area contributed by atoms with Crippen LogP contribution < -0.4 is 5.32 Å². The van der Waals surface area contributed by atoms with E-state index in [1.54, 1.807) is 0 Å². The van der Waals surface area contributed by atoms with Crippen molar-refractivity contribution < 1.29 is 30.1 Å². The summed E-state index contributed by atoms with van der Waals surface area (Å²) in [6.07, 6.45) is -1.59. The van der Waals surface area contributed by atoms with Gasteiger partial charge < -0.3 is 15.7 Å². The first-order valence-corrected chi connectivity index (χ1v) is 4.88. The molecule has 0 bridgehead atoms. The highest BCUT2D eigenvalue weighted by Gasteiger charge is 2.32. The molecule has 0 aliphatic carbocycles. The van der Waals surface area contributed by atoms with Gasteiger partial charge in [-0.15, -0.1) is 0 Å². The summed E-state index contributed by atoms with van der Waals surface area (Å²) in [5, 5.41) is 20.0. The van der Waals surface area contributed by atoms with Crippen molar-refractivity contribution in [3.63, 3.8) is 0 Å². The van der Waals surface area contributed by atoms with Crippen molar-refractivity contribution >= 4 is 17.6 Å². The number of carbonyl (C=O) groups is 3. The van der Waals surface area contributed by atoms with E-state index in [1.165, 1.54) is 18.2 Å². The summed E-state index contributed by atoms with van der Waals surface area (Å²) >= 11 is 0. The fourth-order valence-electron chi connectivity index (χ4n) is 1.69. The van der Waals surface area contributed by atoms with Gasteiger partial charge in [-0.2, -0.15) is 0 Å². The van der Waals surface area contributed by atoms with Crippen molar-refractivity contribution in [1.82, 2.24) is 5.32 Å². The van der Waals surface area contributed by atoms with Crippen LogP contribution in [-0.4, -0.2) is 46.0 Å². The lowest BCUT2D eigenvalue weighted by Crippen LogP contribution is -2.26. The lowest BCUT2D eigenvalue weighted by molar-refractivity contribution is 0.0585. The third kappa shape index (κ3) is 2.02. The van der Waals surface area contributed by atoms with Gasteiger partial charge in [0.05, 0.1) is 17.7 Å². The van der Waals surface area contributed by atoms with Crippen LogP contribution in [0.25, 0.3) is 0 Å². The average Bonchev–Trinajstić information content (AvgIpc) is 2.63. The van der Waals surface area contributed by atoms with Gasteiger partial charge in [0.2, 0.25) is 0 Å². The zero-order valence-corrected chi connectivity index (χ0v) is 9.14. The molecule has 1 heterocycles. The van der Waals surface area contributed by atoms with Gasteiger partial charge in [-0.25, -0.2) is 0 Å². The SMILES string of the molecule is O.O=C1NC(=O)c2c1cccc2C(=O)C(O)CO. The highest BCUT2D eigenvalue weighted by molar-refractivity contribution is 6.25. The smallest absolute Gasteiger partial charge is 0.259 e. The summed E-state index contributed by atoms with van der Waals surface area (Å²) in [5.74, 6) is -2.02. The summed E-state index contributed by atoms with van der Waals surface area (Å²) in [6.45, 7) is -0.738. The second-order valence-corrected chi connectivity index (χ2v) is 3.57. The molecule has 7 nitrogen and oxygen atoms in total. The molecule has 1 unspecified atom stereocenters. The van der Waals surface area contributed by atoms with Crippen LogP contribution >= 0.6 is 0 Å². The van der Waals surface area contributed by atoms with Gasteiger partial charge in [-0.3, -0.25) is 19.7 Å². The number of Topliss-reactive ketones (excluding diaryl/α,β-unsaturated/α-hetero) is 1. The Labute approximate surface area is 101 Å². The highest BCUT2D eigenvalue weighted by atomic mass is 16.3. The molecule has 0 saturated heterocycles. The van der Waals surface area contributed by atoms with Gasteiger partial charge in [-0.05, 0) is 6.07 Å². The third-order valence-corrected chi connectivity index (χ3v) is 2.50. The monoisotopic (exact) mass is 253 g/mol. The Kier molecular flexibility index (Phi) is 3.92. The van der Waals surface area contributed by atoms with E-state index in [9.17, 15) is 19.5 Å². The van der Waals surface area contributed by atoms with E-state index in [-0.39, 0.29) is 22.2 Å². The molecule has 1 aromatic carbocycles. The first-order valence-electron chi connectivity index (χ1n) is 4.88. The number of hydrogen-bond acceptors (Lipinski definition) is 5. The fourth-order valence-corrected chi connectivity index (χ4v) is 1.69. The van der Waals surface area contributed by atoms with Crippen LogP contribution in [0.1, 0.15) is 31.1 Å². The largest absolute Gasteiger partial charge is 0.412 e. The first-order chi connectivity index (χ1) is 8.06. The highest BCUT2D eigenvalue weighted by Crippen LogP contribution is 2.21. The van der Waals surface area contributed by atoms with Crippen molar-refractivity contribution in [1.29, 1.82) is 0 Å². The van der Waals surface area contributed by atoms with Crippen LogP contribution in [0.3, 0.4) is 0 Å². The molecule has 1 aromatic rings. The average molecular weight is 253 g/mol. The van der Waals surface area contributed by atoms with Crippen LogP contribution in [0.4, 0.5) is 0 Å². The molecule has 0 fully saturated rings. The van der Waals surface area contributed by atoms with E-state index < -0.39 is 30.3 Å². The van der Waals surface area contributed by atoms with Crippen molar-refractivity contribution in [3.8, 4) is 0 Å². The minimum Gasteiger partial charge on any atom is -0.412 e. The Bertz CT molecular complexity index is 524. The molecule has 0 spiro atoms. The zero-order chi connectivity index (χ0) is 12.6. The summed E-state index contributed by atoms with van der Waals surface area (Å²) in [4.78, 5) is 34.5. The van der Waals surface area contributed by atoms with Crippen LogP contribution in [0.2, 0.25) is 0 Å². The summed E-state index contributed by atoms with van der Waals surface area (Å²) in [7, 11) is 0. The molecule has 1 aliphatic rings. The Hall–Kier alpha value is -2.09. The molecular formula is C11H11NO6. The Morgan fingerprint density at radius 1 is 1.28 bits per heavy atom. The molecule has 7 heteroatoms. The maximum atomic E-state index is 11.7. The topological polar surface area (TPSA) is 135 Å². The van der Waals surface area contributed by atoms with Gasteiger partial charge in [-0.1, -0.05) is 12.1 Å². The molecule has 2 amide bonds. The number of hydrogen-bond donors (Lipinski definition) is 3. The van der Waals surface area contributed by atoms with Gasteiger partial charge in [0.1, 0.15) is 6.10 Å². The lowest BCUT2D eigenvalue weighted by Gasteiger charge is -2.08. The molecule has 1 aliphatic heterocycles. The molecule has 96 valence electrons. The number of benzene rings is 1. The lowest BCUT2D eigenvalue weighted by atomic mass is 9.97. The van der Waals surface area contributed by atoms with E-state index in [0.29, 0.717) is 0 Å². The van der Waals surface area contributed by atoms with E-state index in [2.05, 4.69) is 5.32 Å². The molecule has 0 aromatic heterocycles. The van der Waals surface area contributed by atoms with Crippen molar-refractivity contribution in [3.05, 3.63) is 34.9 Å². The second kappa shape index (κ2) is 5.05. The van der Waals surface area contributed by atoms with E-state index in [1.807, 2.05) is 0 Å². The summed E-state index contributed by atoms with van der Waals surface area (Å²) < 4.78 is 0. The van der Waals surface area contributed by atoms with Crippen molar-refractivity contribution in [2.75, 3.05) is 6.61 Å². The second-order valence-electron chi connectivity index (χ2n) is 3.57. The first kappa shape index (κ1) is 14.0. The number of amides is 2. The number of imide groups is 1. The standard InChI is InChI=1S/C11H9NO5.H2O/c13-4-7(14)9(15)5-2-1-3-6-8(5)11(17)12-10(6)16;/h1-3,7,13-14H,4H2,(H,12,16,17);1H2. The summed E-state index contributed by atoms with van der Waals surface area (Å²) in [5.41, 5.74) is -0.00612. The van der Waals surface area contributed by atoms with Crippen LogP contribution in [0.15, 0.2) is 18.2 Å². The number of ketones is 1. The zero-order valence-electron chi connectivity index (χ0n) is 9.14.